The van der Waals surface area contributed by atoms with E-state index in [-0.39, 0.29) is 0 Å². The average Bonchev–Trinajstić information content (AvgIpc) is 2.31. The molecule has 2 heterocycles. The van der Waals surface area contributed by atoms with Crippen LogP contribution in [-0.4, -0.2) is 29.0 Å². The van der Waals surface area contributed by atoms with Gasteiger partial charge in [0.05, 0.1) is 0 Å². The molecule has 0 saturated carbocycles. The lowest BCUT2D eigenvalue weighted by molar-refractivity contribution is 0.0990. The SMILES string of the molecule is CC1CCCN(Cc2ccncc2)C1CN. The molecule has 0 radical (unpaired) electrons. The maximum atomic E-state index is 5.88. The minimum atomic E-state index is 0.543. The molecule has 0 bridgehead atoms. The van der Waals surface area contributed by atoms with Crippen LogP contribution in [0.3, 0.4) is 0 Å². The summed E-state index contributed by atoms with van der Waals surface area (Å²) in [5.74, 6) is 0.723. The molecule has 2 N–H and O–H groups in total. The van der Waals surface area contributed by atoms with Crippen molar-refractivity contribution in [1.29, 1.82) is 0 Å². The first-order valence-corrected chi connectivity index (χ1v) is 6.14. The quantitative estimate of drug-likeness (QED) is 0.840. The first kappa shape index (κ1) is 11.6. The number of hydrogen-bond donors (Lipinski definition) is 1. The topological polar surface area (TPSA) is 42.2 Å². The second-order valence-corrected chi connectivity index (χ2v) is 4.75. The third kappa shape index (κ3) is 2.60. The lowest BCUT2D eigenvalue weighted by Crippen LogP contribution is -2.47. The van der Waals surface area contributed by atoms with Gasteiger partial charge < -0.3 is 5.73 Å². The van der Waals surface area contributed by atoms with Crippen LogP contribution in [0.4, 0.5) is 0 Å². The Bertz CT molecular complexity index is 312. The third-order valence-corrected chi connectivity index (χ3v) is 3.61. The number of nitrogens with two attached hydrogens (primary N) is 1. The Hall–Kier alpha value is -0.930. The second kappa shape index (κ2) is 5.41. The van der Waals surface area contributed by atoms with E-state index in [9.17, 15) is 0 Å². The van der Waals surface area contributed by atoms with Crippen molar-refractivity contribution in [2.75, 3.05) is 13.1 Å². The highest BCUT2D eigenvalue weighted by Gasteiger charge is 2.26. The molecule has 16 heavy (non-hydrogen) atoms. The van der Waals surface area contributed by atoms with Crippen molar-refractivity contribution in [1.82, 2.24) is 9.88 Å². The van der Waals surface area contributed by atoms with Gasteiger partial charge in [0.2, 0.25) is 0 Å². The third-order valence-electron chi connectivity index (χ3n) is 3.61. The van der Waals surface area contributed by atoms with Gasteiger partial charge in [0.25, 0.3) is 0 Å². The fraction of sp³-hybridized carbons (Fsp3) is 0.615. The number of likely N-dealkylation sites (tertiary alicyclic amines) is 1. The molecule has 2 rings (SSSR count). The Morgan fingerprint density at radius 3 is 2.88 bits per heavy atom. The summed E-state index contributed by atoms with van der Waals surface area (Å²) in [5.41, 5.74) is 7.22. The molecule has 2 unspecified atom stereocenters. The molecule has 0 aliphatic carbocycles. The molecule has 1 fully saturated rings. The smallest absolute Gasteiger partial charge is 0.0271 e. The molecule has 88 valence electrons. The van der Waals surface area contributed by atoms with E-state index in [1.807, 2.05) is 12.4 Å². The minimum absolute atomic E-state index is 0.543. The summed E-state index contributed by atoms with van der Waals surface area (Å²) in [6, 6.07) is 4.72. The molecule has 1 aromatic heterocycles. The molecule has 0 amide bonds. The van der Waals surface area contributed by atoms with Crippen LogP contribution < -0.4 is 5.73 Å². The largest absolute Gasteiger partial charge is 0.329 e. The molecule has 1 aromatic rings. The van der Waals surface area contributed by atoms with Crippen LogP contribution in [0.2, 0.25) is 0 Å². The van der Waals surface area contributed by atoms with E-state index >= 15 is 0 Å². The van der Waals surface area contributed by atoms with Crippen LogP contribution in [0.15, 0.2) is 24.5 Å². The van der Waals surface area contributed by atoms with Gasteiger partial charge in [-0.2, -0.15) is 0 Å². The zero-order chi connectivity index (χ0) is 11.4. The Labute approximate surface area is 97.7 Å². The average molecular weight is 219 g/mol. The standard InChI is InChI=1S/C13H21N3/c1-11-3-2-8-16(13(11)9-14)10-12-4-6-15-7-5-12/h4-7,11,13H,2-3,8-10,14H2,1H3. The number of pyridine rings is 1. The van der Waals surface area contributed by atoms with E-state index in [0.29, 0.717) is 6.04 Å². The van der Waals surface area contributed by atoms with Gasteiger partial charge in [-0.15, -0.1) is 0 Å². The molecule has 1 aliphatic rings. The first-order chi connectivity index (χ1) is 7.81. The zero-order valence-electron chi connectivity index (χ0n) is 9.97. The number of piperidine rings is 1. The van der Waals surface area contributed by atoms with Crippen LogP contribution in [-0.2, 0) is 6.54 Å². The van der Waals surface area contributed by atoms with E-state index in [1.54, 1.807) is 0 Å². The lowest BCUT2D eigenvalue weighted by Gasteiger charge is -2.39. The van der Waals surface area contributed by atoms with Gasteiger partial charge >= 0.3 is 0 Å². The van der Waals surface area contributed by atoms with Gasteiger partial charge in [0, 0.05) is 31.5 Å². The Morgan fingerprint density at radius 2 is 2.19 bits per heavy atom. The summed E-state index contributed by atoms with van der Waals surface area (Å²) in [6.07, 6.45) is 6.33. The summed E-state index contributed by atoms with van der Waals surface area (Å²) in [4.78, 5) is 6.57. The summed E-state index contributed by atoms with van der Waals surface area (Å²) >= 11 is 0. The molecule has 0 aromatic carbocycles. The van der Waals surface area contributed by atoms with Gasteiger partial charge in [-0.1, -0.05) is 6.92 Å². The van der Waals surface area contributed by atoms with E-state index in [1.165, 1.54) is 24.9 Å². The van der Waals surface area contributed by atoms with Crippen molar-refractivity contribution < 1.29 is 0 Å². The van der Waals surface area contributed by atoms with E-state index in [4.69, 9.17) is 5.73 Å². The fourth-order valence-electron chi connectivity index (χ4n) is 2.63. The first-order valence-electron chi connectivity index (χ1n) is 6.14. The van der Waals surface area contributed by atoms with Gasteiger partial charge in [0.1, 0.15) is 0 Å². The summed E-state index contributed by atoms with van der Waals surface area (Å²) in [6.45, 7) is 5.27. The number of hydrogen-bond acceptors (Lipinski definition) is 3. The maximum absolute atomic E-state index is 5.88. The molecule has 1 aliphatic heterocycles. The van der Waals surface area contributed by atoms with Gasteiger partial charge in [-0.3, -0.25) is 9.88 Å². The van der Waals surface area contributed by atoms with Crippen LogP contribution in [0.5, 0.6) is 0 Å². The normalized spacial score (nSPS) is 26.9. The number of aromatic nitrogens is 1. The predicted molar refractivity (Wildman–Crippen MR) is 65.9 cm³/mol. The monoisotopic (exact) mass is 219 g/mol. The molecular formula is C13H21N3. The van der Waals surface area contributed by atoms with Crippen molar-refractivity contribution in [2.24, 2.45) is 11.7 Å². The lowest BCUT2D eigenvalue weighted by atomic mass is 9.90. The molecular weight excluding hydrogens is 198 g/mol. The summed E-state index contributed by atoms with van der Waals surface area (Å²) in [7, 11) is 0. The Kier molecular flexibility index (Phi) is 3.91. The van der Waals surface area contributed by atoms with Gasteiger partial charge in [-0.05, 0) is 43.0 Å². The van der Waals surface area contributed by atoms with Gasteiger partial charge in [-0.25, -0.2) is 0 Å². The van der Waals surface area contributed by atoms with Crippen molar-refractivity contribution in [3.05, 3.63) is 30.1 Å². The summed E-state index contributed by atoms with van der Waals surface area (Å²) in [5, 5.41) is 0. The van der Waals surface area contributed by atoms with Crippen molar-refractivity contribution in [3.8, 4) is 0 Å². The molecule has 2 atom stereocenters. The van der Waals surface area contributed by atoms with E-state index in [2.05, 4.69) is 28.9 Å². The van der Waals surface area contributed by atoms with Crippen LogP contribution in [0, 0.1) is 5.92 Å². The van der Waals surface area contributed by atoms with E-state index in [0.717, 1.165) is 19.0 Å². The number of nitrogens with zero attached hydrogens (tertiary/aromatic N) is 2. The number of rotatable bonds is 3. The van der Waals surface area contributed by atoms with E-state index < -0.39 is 0 Å². The Balaban J connectivity index is 2.02. The maximum Gasteiger partial charge on any atom is 0.0271 e. The highest BCUT2D eigenvalue weighted by molar-refractivity contribution is 5.10. The molecule has 3 heteroatoms. The molecule has 0 spiro atoms. The fourth-order valence-corrected chi connectivity index (χ4v) is 2.63. The van der Waals surface area contributed by atoms with Crippen molar-refractivity contribution in [2.45, 2.75) is 32.4 Å². The molecule has 1 saturated heterocycles. The van der Waals surface area contributed by atoms with Crippen LogP contribution >= 0.6 is 0 Å². The zero-order valence-corrected chi connectivity index (χ0v) is 9.97. The van der Waals surface area contributed by atoms with Crippen LogP contribution in [0.25, 0.3) is 0 Å². The highest BCUT2D eigenvalue weighted by Crippen LogP contribution is 2.23. The van der Waals surface area contributed by atoms with Crippen molar-refractivity contribution >= 4 is 0 Å². The Morgan fingerprint density at radius 1 is 1.44 bits per heavy atom. The van der Waals surface area contributed by atoms with Crippen LogP contribution in [0.1, 0.15) is 25.3 Å². The summed E-state index contributed by atoms with van der Waals surface area (Å²) < 4.78 is 0. The minimum Gasteiger partial charge on any atom is -0.329 e. The molecule has 3 nitrogen and oxygen atoms in total. The van der Waals surface area contributed by atoms with Crippen molar-refractivity contribution in [3.63, 3.8) is 0 Å². The predicted octanol–water partition coefficient (Wildman–Crippen LogP) is 1.64. The highest BCUT2D eigenvalue weighted by atomic mass is 15.2. The van der Waals surface area contributed by atoms with Gasteiger partial charge in [0.15, 0.2) is 0 Å². The second-order valence-electron chi connectivity index (χ2n) is 4.75.